The molecule has 1 N–H and O–H groups in total. The molecule has 178 valence electrons. The molecule has 0 bridgehead atoms. The van der Waals surface area contributed by atoms with Crippen LogP contribution in [0.3, 0.4) is 0 Å². The highest BCUT2D eigenvalue weighted by Crippen LogP contribution is 2.45. The van der Waals surface area contributed by atoms with Gasteiger partial charge in [0.25, 0.3) is 0 Å². The zero-order chi connectivity index (χ0) is 24.7. The summed E-state index contributed by atoms with van der Waals surface area (Å²) in [6.07, 6.45) is 1.81. The Bertz CT molecular complexity index is 1410. The highest BCUT2D eigenvalue weighted by atomic mass is 79.9. The quantitative estimate of drug-likeness (QED) is 0.261. The number of nitrogens with zero attached hydrogens (tertiary/aromatic N) is 3. The maximum Gasteiger partial charge on any atom is 0.174 e. The van der Waals surface area contributed by atoms with Crippen LogP contribution in [0.4, 0.5) is 5.69 Å². The third-order valence-electron chi connectivity index (χ3n) is 6.39. The highest BCUT2D eigenvalue weighted by molar-refractivity contribution is 9.10. The van der Waals surface area contributed by atoms with Crippen molar-refractivity contribution in [1.29, 1.82) is 0 Å². The van der Waals surface area contributed by atoms with E-state index in [0.717, 1.165) is 38.5 Å². The SMILES string of the molecule is COc1ccc(N2C(=S)N[C@H](c3ccccn3)[C@H]2c2cc(C)n(-c3ccccc3Br)c2C)cc1Cl. The van der Waals surface area contributed by atoms with Crippen molar-refractivity contribution in [2.24, 2.45) is 0 Å². The zero-order valence-electron chi connectivity index (χ0n) is 19.5. The normalized spacial score (nSPS) is 17.5. The third kappa shape index (κ3) is 4.22. The minimum Gasteiger partial charge on any atom is -0.495 e. The second kappa shape index (κ2) is 9.64. The van der Waals surface area contributed by atoms with Gasteiger partial charge in [-0.25, -0.2) is 0 Å². The zero-order valence-corrected chi connectivity index (χ0v) is 22.7. The Labute approximate surface area is 223 Å². The number of aromatic nitrogens is 2. The third-order valence-corrected chi connectivity index (χ3v) is 7.67. The van der Waals surface area contributed by atoms with E-state index in [1.54, 1.807) is 7.11 Å². The number of benzene rings is 2. The maximum absolute atomic E-state index is 6.52. The average Bonchev–Trinajstić information content (AvgIpc) is 3.35. The van der Waals surface area contributed by atoms with E-state index in [9.17, 15) is 0 Å². The first-order valence-corrected chi connectivity index (χ1v) is 12.8. The van der Waals surface area contributed by atoms with Gasteiger partial charge in [-0.05, 0) is 96.1 Å². The lowest BCUT2D eigenvalue weighted by atomic mass is 9.96. The minimum atomic E-state index is -0.141. The minimum absolute atomic E-state index is 0.135. The Morgan fingerprint density at radius 2 is 1.83 bits per heavy atom. The summed E-state index contributed by atoms with van der Waals surface area (Å²) in [4.78, 5) is 6.80. The Kier molecular flexibility index (Phi) is 6.57. The fraction of sp³-hybridized carbons (Fsp3) is 0.185. The van der Waals surface area contributed by atoms with Crippen LogP contribution in [0.5, 0.6) is 5.75 Å². The number of halogens is 2. The van der Waals surface area contributed by atoms with Gasteiger partial charge in [-0.3, -0.25) is 4.98 Å². The highest BCUT2D eigenvalue weighted by Gasteiger charge is 2.42. The van der Waals surface area contributed by atoms with Gasteiger partial charge in [-0.2, -0.15) is 0 Å². The molecule has 0 radical (unpaired) electrons. The van der Waals surface area contributed by atoms with Gasteiger partial charge in [0, 0.05) is 27.7 Å². The predicted octanol–water partition coefficient (Wildman–Crippen LogP) is 7.09. The summed E-state index contributed by atoms with van der Waals surface area (Å²) in [6, 6.07) is 21.9. The molecule has 4 aromatic rings. The van der Waals surface area contributed by atoms with Crippen LogP contribution >= 0.6 is 39.7 Å². The standard InChI is InChI=1S/C27H24BrClN4OS/c1-16-14-19(17(2)32(16)23-10-5-4-8-20(23)28)26-25(22-9-6-7-13-30-22)31-27(35)33(26)18-11-12-24(34-3)21(29)15-18/h4-15,25-26H,1-3H3,(H,31,35)/t25-,26-/m1/s1. The van der Waals surface area contributed by atoms with E-state index in [2.05, 4.69) is 67.7 Å². The smallest absolute Gasteiger partial charge is 0.174 e. The van der Waals surface area contributed by atoms with Crippen molar-refractivity contribution >= 4 is 50.5 Å². The van der Waals surface area contributed by atoms with E-state index in [1.807, 2.05) is 54.7 Å². The lowest BCUT2D eigenvalue weighted by molar-refractivity contribution is 0.415. The van der Waals surface area contributed by atoms with Gasteiger partial charge in [-0.1, -0.05) is 29.8 Å². The van der Waals surface area contributed by atoms with Crippen LogP contribution in [0.25, 0.3) is 5.69 Å². The van der Waals surface area contributed by atoms with Crippen LogP contribution in [0.15, 0.2) is 77.4 Å². The second-order valence-electron chi connectivity index (χ2n) is 8.43. The first kappa shape index (κ1) is 23.9. The van der Waals surface area contributed by atoms with Gasteiger partial charge in [-0.15, -0.1) is 0 Å². The van der Waals surface area contributed by atoms with Gasteiger partial charge in [0.05, 0.1) is 35.6 Å². The molecule has 2 aromatic heterocycles. The molecule has 0 unspecified atom stereocenters. The molecule has 3 heterocycles. The van der Waals surface area contributed by atoms with Gasteiger partial charge in [0.1, 0.15) is 5.75 Å². The molecule has 0 spiro atoms. The molecular weight excluding hydrogens is 544 g/mol. The number of para-hydroxylation sites is 1. The summed E-state index contributed by atoms with van der Waals surface area (Å²) in [7, 11) is 1.61. The van der Waals surface area contributed by atoms with Crippen LogP contribution in [-0.4, -0.2) is 21.8 Å². The number of thiocarbonyl (C=S) groups is 1. The van der Waals surface area contributed by atoms with E-state index in [0.29, 0.717) is 15.9 Å². The van der Waals surface area contributed by atoms with E-state index in [-0.39, 0.29) is 12.1 Å². The van der Waals surface area contributed by atoms with E-state index < -0.39 is 0 Å². The van der Waals surface area contributed by atoms with Crippen molar-refractivity contribution in [2.45, 2.75) is 25.9 Å². The van der Waals surface area contributed by atoms with E-state index in [4.69, 9.17) is 28.6 Å². The van der Waals surface area contributed by atoms with Crippen molar-refractivity contribution < 1.29 is 4.74 Å². The predicted molar refractivity (Wildman–Crippen MR) is 149 cm³/mol. The largest absolute Gasteiger partial charge is 0.495 e. The fourth-order valence-electron chi connectivity index (χ4n) is 4.84. The number of aryl methyl sites for hydroxylation is 1. The van der Waals surface area contributed by atoms with E-state index in [1.165, 1.54) is 0 Å². The Morgan fingerprint density at radius 3 is 2.51 bits per heavy atom. The first-order valence-electron chi connectivity index (χ1n) is 11.2. The number of hydrogen-bond acceptors (Lipinski definition) is 3. The molecule has 0 amide bonds. The summed E-state index contributed by atoms with van der Waals surface area (Å²) in [6.45, 7) is 4.28. The van der Waals surface area contributed by atoms with Crippen molar-refractivity contribution in [1.82, 2.24) is 14.9 Å². The molecule has 5 rings (SSSR count). The Morgan fingerprint density at radius 1 is 1.06 bits per heavy atom. The number of methoxy groups -OCH3 is 1. The summed E-state index contributed by atoms with van der Waals surface area (Å²) in [5, 5.41) is 4.68. The molecular formula is C27H24BrClN4OS. The number of anilines is 1. The second-order valence-corrected chi connectivity index (χ2v) is 10.1. The number of rotatable bonds is 5. The van der Waals surface area contributed by atoms with Crippen molar-refractivity contribution in [2.75, 3.05) is 12.0 Å². The van der Waals surface area contributed by atoms with Crippen molar-refractivity contribution in [3.63, 3.8) is 0 Å². The molecule has 0 aliphatic carbocycles. The first-order chi connectivity index (χ1) is 16.9. The molecule has 8 heteroatoms. The number of ether oxygens (including phenoxy) is 1. The molecule has 1 aliphatic heterocycles. The van der Waals surface area contributed by atoms with Gasteiger partial charge >= 0.3 is 0 Å². The average molecular weight is 568 g/mol. The molecule has 35 heavy (non-hydrogen) atoms. The number of nitrogens with one attached hydrogen (secondary N) is 1. The molecule has 5 nitrogen and oxygen atoms in total. The summed E-state index contributed by atoms with van der Waals surface area (Å²) in [5.41, 5.74) is 6.34. The van der Waals surface area contributed by atoms with Gasteiger partial charge in [0.15, 0.2) is 5.11 Å². The van der Waals surface area contributed by atoms with Crippen molar-refractivity contribution in [3.05, 3.63) is 105 Å². The van der Waals surface area contributed by atoms with Gasteiger partial charge in [0.2, 0.25) is 0 Å². The Hall–Kier alpha value is -2.87. The maximum atomic E-state index is 6.52. The Balaban J connectivity index is 1.69. The molecule has 1 fully saturated rings. The lowest BCUT2D eigenvalue weighted by Crippen LogP contribution is -2.29. The van der Waals surface area contributed by atoms with Crippen LogP contribution in [0, 0.1) is 13.8 Å². The van der Waals surface area contributed by atoms with Crippen molar-refractivity contribution in [3.8, 4) is 11.4 Å². The summed E-state index contributed by atoms with van der Waals surface area (Å²) >= 11 is 16.1. The topological polar surface area (TPSA) is 42.3 Å². The molecule has 2 aromatic carbocycles. The fourth-order valence-corrected chi connectivity index (χ4v) is 5.90. The van der Waals surface area contributed by atoms with E-state index >= 15 is 0 Å². The number of pyridine rings is 1. The molecule has 0 saturated carbocycles. The van der Waals surface area contributed by atoms with Crippen LogP contribution in [0.2, 0.25) is 5.02 Å². The summed E-state index contributed by atoms with van der Waals surface area (Å²) in [5.74, 6) is 0.624. The van der Waals surface area contributed by atoms with Crippen LogP contribution in [0.1, 0.15) is 34.7 Å². The molecule has 1 saturated heterocycles. The monoisotopic (exact) mass is 566 g/mol. The number of hydrogen-bond donors (Lipinski definition) is 1. The molecule has 1 aliphatic rings. The lowest BCUT2D eigenvalue weighted by Gasteiger charge is -2.28. The summed E-state index contributed by atoms with van der Waals surface area (Å²) < 4.78 is 8.68. The van der Waals surface area contributed by atoms with Crippen LogP contribution < -0.4 is 15.0 Å². The van der Waals surface area contributed by atoms with Gasteiger partial charge < -0.3 is 19.5 Å². The van der Waals surface area contributed by atoms with Crippen LogP contribution in [-0.2, 0) is 0 Å². The molecule has 2 atom stereocenters.